The highest BCUT2D eigenvalue weighted by Crippen LogP contribution is 2.53. The molecule has 2 aliphatic carbocycles. The van der Waals surface area contributed by atoms with Gasteiger partial charge in [-0.1, -0.05) is 63.6 Å². The molecule has 0 saturated heterocycles. The molecule has 1 heterocycles. The minimum Gasteiger partial charge on any atom is -0.294 e. The van der Waals surface area contributed by atoms with Crippen LogP contribution in [-0.4, -0.2) is 16.0 Å². The summed E-state index contributed by atoms with van der Waals surface area (Å²) in [6, 6.07) is 10.5. The first kappa shape index (κ1) is 17.3. The number of ketones is 1. The smallest absolute Gasteiger partial charge is 0.160 e. The predicted octanol–water partition coefficient (Wildman–Crippen LogP) is 5.08. The van der Waals surface area contributed by atoms with Crippen molar-refractivity contribution in [1.82, 2.24) is 10.2 Å². The summed E-state index contributed by atoms with van der Waals surface area (Å²) in [6.07, 6.45) is 2.42. The number of aromatic nitrogens is 2. The van der Waals surface area contributed by atoms with Crippen LogP contribution in [0.2, 0.25) is 0 Å². The molecule has 0 aliphatic heterocycles. The molecule has 3 nitrogen and oxygen atoms in total. The zero-order valence-corrected chi connectivity index (χ0v) is 16.4. The van der Waals surface area contributed by atoms with Crippen LogP contribution in [0.25, 0.3) is 0 Å². The van der Waals surface area contributed by atoms with Crippen LogP contribution in [0.15, 0.2) is 41.5 Å². The van der Waals surface area contributed by atoms with E-state index in [0.29, 0.717) is 18.1 Å². The molecule has 0 unspecified atom stereocenters. The lowest BCUT2D eigenvalue weighted by molar-refractivity contribution is -0.118. The summed E-state index contributed by atoms with van der Waals surface area (Å²) >= 11 is 0. The first-order valence-electron chi connectivity index (χ1n) is 9.63. The summed E-state index contributed by atoms with van der Waals surface area (Å²) in [5, 5.41) is 7.99. The fourth-order valence-corrected chi connectivity index (χ4v) is 5.13. The van der Waals surface area contributed by atoms with E-state index in [1.807, 2.05) is 6.07 Å². The number of allylic oxidation sites excluding steroid dienone is 2. The molecule has 1 aromatic heterocycles. The number of aromatic amines is 1. The molecule has 1 atom stereocenters. The molecule has 1 N–H and O–H groups in total. The van der Waals surface area contributed by atoms with Crippen molar-refractivity contribution >= 4 is 5.78 Å². The Morgan fingerprint density at radius 2 is 1.77 bits per heavy atom. The minimum absolute atomic E-state index is 0.0336. The highest BCUT2D eigenvalue weighted by atomic mass is 16.1. The molecule has 0 amide bonds. The van der Waals surface area contributed by atoms with E-state index in [1.165, 1.54) is 22.4 Å². The summed E-state index contributed by atoms with van der Waals surface area (Å²) in [5.74, 6) is 0.625. The summed E-state index contributed by atoms with van der Waals surface area (Å²) in [6.45, 7) is 11.0. The van der Waals surface area contributed by atoms with Crippen molar-refractivity contribution in [3.8, 4) is 0 Å². The van der Waals surface area contributed by atoms with Gasteiger partial charge in [0.25, 0.3) is 0 Å². The lowest BCUT2D eigenvalue weighted by atomic mass is 9.58. The molecular weight excluding hydrogens is 320 g/mol. The van der Waals surface area contributed by atoms with E-state index >= 15 is 0 Å². The number of Topliss-reactive ketones (excluding diaryl/α,β-unsaturated/α-hetero) is 1. The zero-order chi connectivity index (χ0) is 18.7. The number of nitrogens with zero attached hydrogens (tertiary/aromatic N) is 1. The number of nitrogens with one attached hydrogen (secondary N) is 1. The lowest BCUT2D eigenvalue weighted by Gasteiger charge is -2.44. The van der Waals surface area contributed by atoms with Gasteiger partial charge in [-0.3, -0.25) is 9.89 Å². The number of hydrogen-bond donors (Lipinski definition) is 1. The molecule has 26 heavy (non-hydrogen) atoms. The van der Waals surface area contributed by atoms with Gasteiger partial charge in [0.1, 0.15) is 0 Å². The van der Waals surface area contributed by atoms with Crippen LogP contribution in [-0.2, 0) is 16.6 Å². The highest BCUT2D eigenvalue weighted by molar-refractivity contribution is 6.01. The van der Waals surface area contributed by atoms with Crippen LogP contribution >= 0.6 is 0 Å². The van der Waals surface area contributed by atoms with Crippen molar-refractivity contribution in [2.75, 3.05) is 0 Å². The number of rotatable bonds is 2. The van der Waals surface area contributed by atoms with Crippen LogP contribution in [0, 0.1) is 5.41 Å². The van der Waals surface area contributed by atoms with E-state index in [1.54, 1.807) is 0 Å². The van der Waals surface area contributed by atoms with Gasteiger partial charge < -0.3 is 0 Å². The van der Waals surface area contributed by atoms with Crippen LogP contribution in [0.5, 0.6) is 0 Å². The van der Waals surface area contributed by atoms with E-state index in [-0.39, 0.29) is 5.41 Å². The van der Waals surface area contributed by atoms with Crippen molar-refractivity contribution < 1.29 is 4.79 Å². The Hall–Kier alpha value is -2.16. The Morgan fingerprint density at radius 3 is 2.42 bits per heavy atom. The third-order valence-electron chi connectivity index (χ3n) is 6.12. The SMILES string of the molecule is CC(C)c1n[nH]c2c1[C@](C)(c1ccccc1)C1=C(C2)CC(C)(C)CC1=O. The second kappa shape index (κ2) is 5.67. The molecule has 136 valence electrons. The molecular formula is C23H28N2O. The average Bonchev–Trinajstić information content (AvgIpc) is 2.98. The fraction of sp³-hybridized carbons (Fsp3) is 0.478. The molecule has 1 aromatic carbocycles. The Bertz CT molecular complexity index is 902. The Labute approximate surface area is 155 Å². The Morgan fingerprint density at radius 1 is 1.08 bits per heavy atom. The molecule has 2 aliphatic rings. The van der Waals surface area contributed by atoms with Crippen molar-refractivity contribution in [2.24, 2.45) is 5.41 Å². The van der Waals surface area contributed by atoms with Gasteiger partial charge >= 0.3 is 0 Å². The molecule has 4 rings (SSSR count). The van der Waals surface area contributed by atoms with Crippen molar-refractivity contribution in [1.29, 1.82) is 0 Å². The fourth-order valence-electron chi connectivity index (χ4n) is 5.13. The Balaban J connectivity index is 2.03. The summed E-state index contributed by atoms with van der Waals surface area (Å²) in [7, 11) is 0. The first-order chi connectivity index (χ1) is 12.2. The average molecular weight is 348 g/mol. The summed E-state index contributed by atoms with van der Waals surface area (Å²) in [4.78, 5) is 13.4. The standard InChI is InChI=1S/C23H28N2O/c1-14(2)21-20-17(24-25-21)11-15-12-22(3,4)13-18(26)19(15)23(20,5)16-9-7-6-8-10-16/h6-10,14H,11-13H2,1-5H3,(H,24,25)/t23-/m1/s1. The van der Waals surface area contributed by atoms with Crippen LogP contribution in [0.1, 0.15) is 75.9 Å². The van der Waals surface area contributed by atoms with E-state index in [9.17, 15) is 4.79 Å². The maximum atomic E-state index is 13.4. The molecule has 0 radical (unpaired) electrons. The highest BCUT2D eigenvalue weighted by Gasteiger charge is 2.49. The minimum atomic E-state index is -0.426. The normalized spacial score (nSPS) is 24.6. The maximum Gasteiger partial charge on any atom is 0.160 e. The van der Waals surface area contributed by atoms with Gasteiger partial charge in [0.15, 0.2) is 5.78 Å². The van der Waals surface area contributed by atoms with Gasteiger partial charge in [0.2, 0.25) is 0 Å². The number of H-pyrrole nitrogens is 1. The lowest BCUT2D eigenvalue weighted by Crippen LogP contribution is -2.41. The molecule has 2 aromatic rings. The third kappa shape index (κ3) is 2.40. The number of carbonyl (C=O) groups excluding carboxylic acids is 1. The van der Waals surface area contributed by atoms with Crippen molar-refractivity contribution in [2.45, 2.75) is 65.2 Å². The van der Waals surface area contributed by atoms with Gasteiger partial charge in [-0.2, -0.15) is 5.10 Å². The number of hydrogen-bond acceptors (Lipinski definition) is 2. The number of benzene rings is 1. The molecule has 0 spiro atoms. The number of carbonyl (C=O) groups is 1. The van der Waals surface area contributed by atoms with E-state index < -0.39 is 5.41 Å². The van der Waals surface area contributed by atoms with Crippen LogP contribution < -0.4 is 0 Å². The summed E-state index contributed by atoms with van der Waals surface area (Å²) in [5.41, 5.74) is 6.62. The zero-order valence-electron chi connectivity index (χ0n) is 16.4. The quantitative estimate of drug-likeness (QED) is 0.822. The van der Waals surface area contributed by atoms with Crippen molar-refractivity contribution in [3.05, 3.63) is 64.0 Å². The Kier molecular flexibility index (Phi) is 3.76. The van der Waals surface area contributed by atoms with Gasteiger partial charge in [-0.05, 0) is 30.2 Å². The van der Waals surface area contributed by atoms with Crippen LogP contribution in [0.3, 0.4) is 0 Å². The van der Waals surface area contributed by atoms with Gasteiger partial charge in [0.05, 0.1) is 5.69 Å². The van der Waals surface area contributed by atoms with Crippen molar-refractivity contribution in [3.63, 3.8) is 0 Å². The second-order valence-corrected chi connectivity index (χ2v) is 9.20. The van der Waals surface area contributed by atoms with E-state index in [2.05, 4.69) is 69.1 Å². The topological polar surface area (TPSA) is 45.8 Å². The molecule has 0 fully saturated rings. The van der Waals surface area contributed by atoms with Crippen LogP contribution in [0.4, 0.5) is 0 Å². The first-order valence-corrected chi connectivity index (χ1v) is 9.63. The third-order valence-corrected chi connectivity index (χ3v) is 6.12. The van der Waals surface area contributed by atoms with Gasteiger partial charge in [-0.25, -0.2) is 0 Å². The molecule has 0 bridgehead atoms. The summed E-state index contributed by atoms with van der Waals surface area (Å²) < 4.78 is 0. The largest absolute Gasteiger partial charge is 0.294 e. The number of fused-ring (bicyclic) bond motifs is 1. The van der Waals surface area contributed by atoms with E-state index in [4.69, 9.17) is 0 Å². The molecule has 3 heteroatoms. The van der Waals surface area contributed by atoms with Gasteiger partial charge in [0, 0.05) is 35.1 Å². The molecule has 0 saturated carbocycles. The van der Waals surface area contributed by atoms with Gasteiger partial charge in [-0.15, -0.1) is 0 Å². The predicted molar refractivity (Wildman–Crippen MR) is 104 cm³/mol. The second-order valence-electron chi connectivity index (χ2n) is 9.20. The maximum absolute atomic E-state index is 13.4. The monoisotopic (exact) mass is 348 g/mol. The van der Waals surface area contributed by atoms with E-state index in [0.717, 1.165) is 24.1 Å².